The van der Waals surface area contributed by atoms with Gasteiger partial charge in [-0.05, 0) is 24.3 Å². The summed E-state index contributed by atoms with van der Waals surface area (Å²) in [6, 6.07) is 4.05. The van der Waals surface area contributed by atoms with Crippen LogP contribution in [0, 0.1) is 5.82 Å². The first kappa shape index (κ1) is 13.4. The third-order valence-electron chi connectivity index (χ3n) is 3.46. The van der Waals surface area contributed by atoms with Crippen molar-refractivity contribution in [1.82, 2.24) is 15.8 Å². The standard InChI is InChI=1S/C13H11BrF3N3/c14-8-1-2-11(15)10(5-8)13(12(16)17)7-20-9(6-18-13)3-4-19-20/h1-6,12,18-19H,7H2. The average molecular weight is 346 g/mol. The molecule has 2 N–H and O–H groups in total. The van der Waals surface area contributed by atoms with Crippen LogP contribution in [0.3, 0.4) is 0 Å². The maximum atomic E-state index is 14.0. The van der Waals surface area contributed by atoms with E-state index in [2.05, 4.69) is 26.7 Å². The molecule has 3 nitrogen and oxygen atoms in total. The minimum Gasteiger partial charge on any atom is -0.373 e. The normalized spacial score (nSPS) is 24.2. The van der Waals surface area contributed by atoms with Crippen LogP contribution in [0.25, 0.3) is 0 Å². The van der Waals surface area contributed by atoms with Crippen molar-refractivity contribution in [2.45, 2.75) is 12.0 Å². The lowest BCUT2D eigenvalue weighted by Gasteiger charge is -2.41. The Balaban J connectivity index is 2.08. The van der Waals surface area contributed by atoms with E-state index in [-0.39, 0.29) is 12.1 Å². The van der Waals surface area contributed by atoms with E-state index >= 15 is 0 Å². The van der Waals surface area contributed by atoms with Crippen LogP contribution in [0.5, 0.6) is 0 Å². The van der Waals surface area contributed by atoms with E-state index in [4.69, 9.17) is 0 Å². The molecule has 20 heavy (non-hydrogen) atoms. The van der Waals surface area contributed by atoms with Crippen LogP contribution in [-0.2, 0) is 5.54 Å². The maximum Gasteiger partial charge on any atom is 0.267 e. The number of hydrogen-bond acceptors (Lipinski definition) is 3. The summed E-state index contributed by atoms with van der Waals surface area (Å²) in [4.78, 5) is 0. The molecule has 1 atom stereocenters. The monoisotopic (exact) mass is 345 g/mol. The van der Waals surface area contributed by atoms with Gasteiger partial charge in [-0.2, -0.15) is 0 Å². The van der Waals surface area contributed by atoms with Gasteiger partial charge < -0.3 is 10.7 Å². The smallest absolute Gasteiger partial charge is 0.267 e. The Hall–Kier alpha value is -1.63. The Labute approximate surface area is 122 Å². The van der Waals surface area contributed by atoms with E-state index in [0.29, 0.717) is 4.47 Å². The number of halogens is 4. The molecule has 106 valence electrons. The number of rotatable bonds is 2. The first-order valence-corrected chi connectivity index (χ1v) is 6.74. The van der Waals surface area contributed by atoms with Crippen LogP contribution >= 0.6 is 15.9 Å². The number of hydrazine groups is 1. The van der Waals surface area contributed by atoms with Gasteiger partial charge in [-0.1, -0.05) is 15.9 Å². The van der Waals surface area contributed by atoms with Gasteiger partial charge in [0, 0.05) is 22.4 Å². The molecule has 2 heterocycles. The molecule has 0 saturated heterocycles. The molecule has 0 fully saturated rings. The topological polar surface area (TPSA) is 27.3 Å². The Morgan fingerprint density at radius 3 is 2.90 bits per heavy atom. The third kappa shape index (κ3) is 1.96. The molecule has 1 aromatic carbocycles. The average Bonchev–Trinajstić information content (AvgIpc) is 2.88. The van der Waals surface area contributed by atoms with Crippen molar-refractivity contribution < 1.29 is 13.2 Å². The van der Waals surface area contributed by atoms with Crippen molar-refractivity contribution in [2.75, 3.05) is 6.54 Å². The number of nitrogens with zero attached hydrogens (tertiary/aromatic N) is 1. The summed E-state index contributed by atoms with van der Waals surface area (Å²) in [5, 5.41) is 4.24. The third-order valence-corrected chi connectivity index (χ3v) is 3.96. The highest BCUT2D eigenvalue weighted by molar-refractivity contribution is 9.10. The fourth-order valence-corrected chi connectivity index (χ4v) is 2.75. The number of hydrogen-bond donors (Lipinski definition) is 2. The van der Waals surface area contributed by atoms with Gasteiger partial charge in [0.2, 0.25) is 0 Å². The van der Waals surface area contributed by atoms with E-state index in [1.54, 1.807) is 17.3 Å². The van der Waals surface area contributed by atoms with E-state index < -0.39 is 17.8 Å². The summed E-state index contributed by atoms with van der Waals surface area (Å²) in [7, 11) is 0. The van der Waals surface area contributed by atoms with Gasteiger partial charge in [0.05, 0.1) is 12.2 Å². The molecule has 0 aromatic heterocycles. The number of alkyl halides is 2. The maximum absolute atomic E-state index is 14.0. The molecule has 0 amide bonds. The minimum atomic E-state index is -2.77. The molecular formula is C13H11BrF3N3. The Morgan fingerprint density at radius 2 is 2.15 bits per heavy atom. The summed E-state index contributed by atoms with van der Waals surface area (Å²) < 4.78 is 42.0. The largest absolute Gasteiger partial charge is 0.373 e. The zero-order valence-corrected chi connectivity index (χ0v) is 11.8. The predicted octanol–water partition coefficient (Wildman–Crippen LogP) is 2.83. The van der Waals surface area contributed by atoms with Crippen molar-refractivity contribution >= 4 is 15.9 Å². The molecule has 0 bridgehead atoms. The van der Waals surface area contributed by atoms with E-state index in [1.165, 1.54) is 24.4 Å². The van der Waals surface area contributed by atoms with Gasteiger partial charge in [-0.15, -0.1) is 0 Å². The first-order chi connectivity index (χ1) is 9.53. The quantitative estimate of drug-likeness (QED) is 0.863. The fourth-order valence-electron chi connectivity index (χ4n) is 2.39. The highest BCUT2D eigenvalue weighted by Crippen LogP contribution is 2.36. The van der Waals surface area contributed by atoms with Crippen LogP contribution < -0.4 is 10.7 Å². The molecule has 2 aliphatic rings. The highest BCUT2D eigenvalue weighted by Gasteiger charge is 2.47. The zero-order valence-electron chi connectivity index (χ0n) is 10.2. The van der Waals surface area contributed by atoms with Gasteiger partial charge in [0.1, 0.15) is 11.4 Å². The van der Waals surface area contributed by atoms with Crippen LogP contribution in [-0.4, -0.2) is 18.0 Å². The lowest BCUT2D eigenvalue weighted by molar-refractivity contribution is 0.00409. The zero-order chi connectivity index (χ0) is 14.3. The van der Waals surface area contributed by atoms with Crippen LogP contribution in [0.1, 0.15) is 5.56 Å². The van der Waals surface area contributed by atoms with Gasteiger partial charge in [0.15, 0.2) is 0 Å². The molecular weight excluding hydrogens is 335 g/mol. The highest BCUT2D eigenvalue weighted by atomic mass is 79.9. The van der Waals surface area contributed by atoms with Crippen LogP contribution in [0.15, 0.2) is 46.8 Å². The van der Waals surface area contributed by atoms with E-state index in [0.717, 1.165) is 5.70 Å². The molecule has 0 aliphatic carbocycles. The second kappa shape index (κ2) is 4.73. The van der Waals surface area contributed by atoms with Gasteiger partial charge in [0.25, 0.3) is 6.43 Å². The van der Waals surface area contributed by atoms with Crippen LogP contribution in [0.2, 0.25) is 0 Å². The molecule has 2 aliphatic heterocycles. The summed E-state index contributed by atoms with van der Waals surface area (Å²) in [6.45, 7) is -0.0864. The molecule has 1 aromatic rings. The van der Waals surface area contributed by atoms with Crippen molar-refractivity contribution in [3.63, 3.8) is 0 Å². The summed E-state index contributed by atoms with van der Waals surface area (Å²) >= 11 is 3.20. The summed E-state index contributed by atoms with van der Waals surface area (Å²) in [6.07, 6.45) is 2.09. The summed E-state index contributed by atoms with van der Waals surface area (Å²) in [5.74, 6) is -0.662. The Bertz CT molecular complexity index is 603. The van der Waals surface area contributed by atoms with Gasteiger partial charge >= 0.3 is 0 Å². The van der Waals surface area contributed by atoms with E-state index in [9.17, 15) is 13.2 Å². The SMILES string of the molecule is Fc1ccc(Br)cc1C1(C(F)F)CN2NC=CC2=CN1. The minimum absolute atomic E-state index is 0.0640. The molecule has 0 spiro atoms. The molecule has 0 saturated carbocycles. The second-order valence-electron chi connectivity index (χ2n) is 4.66. The number of benzene rings is 1. The molecule has 3 rings (SSSR count). The Morgan fingerprint density at radius 1 is 1.35 bits per heavy atom. The molecule has 7 heteroatoms. The van der Waals surface area contributed by atoms with Crippen molar-refractivity contribution in [3.8, 4) is 0 Å². The Kier molecular flexibility index (Phi) is 3.16. The van der Waals surface area contributed by atoms with Gasteiger partial charge in [-0.3, -0.25) is 5.01 Å². The lowest BCUT2D eigenvalue weighted by Crippen LogP contribution is -2.58. The summed E-state index contributed by atoms with van der Waals surface area (Å²) in [5.41, 5.74) is 1.72. The second-order valence-corrected chi connectivity index (χ2v) is 5.57. The number of allylic oxidation sites excluding steroid dienone is 1. The van der Waals surface area contributed by atoms with Crippen molar-refractivity contribution in [1.29, 1.82) is 0 Å². The molecule has 1 unspecified atom stereocenters. The predicted molar refractivity (Wildman–Crippen MR) is 72.0 cm³/mol. The van der Waals surface area contributed by atoms with Crippen LogP contribution in [0.4, 0.5) is 13.2 Å². The van der Waals surface area contributed by atoms with Crippen molar-refractivity contribution in [2.24, 2.45) is 0 Å². The van der Waals surface area contributed by atoms with Gasteiger partial charge in [-0.25, -0.2) is 13.2 Å². The van der Waals surface area contributed by atoms with E-state index in [1.807, 2.05) is 0 Å². The first-order valence-electron chi connectivity index (χ1n) is 5.95. The fraction of sp³-hybridized carbons (Fsp3) is 0.231. The molecule has 0 radical (unpaired) electrons. The lowest BCUT2D eigenvalue weighted by atomic mass is 9.88. The number of fused-ring (bicyclic) bond motifs is 1. The van der Waals surface area contributed by atoms with Crippen molar-refractivity contribution in [3.05, 3.63) is 58.2 Å². The number of nitrogens with one attached hydrogen (secondary N) is 2.